The van der Waals surface area contributed by atoms with Gasteiger partial charge in [0.05, 0.1) is 34.6 Å². The highest BCUT2D eigenvalue weighted by Crippen LogP contribution is 2.38. The van der Waals surface area contributed by atoms with Gasteiger partial charge in [0.2, 0.25) is 0 Å². The monoisotopic (exact) mass is 577 g/mol. The zero-order valence-corrected chi connectivity index (χ0v) is 23.3. The summed E-state index contributed by atoms with van der Waals surface area (Å²) in [7, 11) is -4.35. The van der Waals surface area contributed by atoms with E-state index < -0.39 is 33.4 Å². The van der Waals surface area contributed by atoms with Crippen LogP contribution in [0.3, 0.4) is 0 Å². The fraction of sp³-hybridized carbons (Fsp3) is 0.222. The Labute approximate surface area is 229 Å². The van der Waals surface area contributed by atoms with Crippen molar-refractivity contribution < 1.29 is 22.3 Å². The number of thiazole rings is 1. The van der Waals surface area contributed by atoms with Crippen molar-refractivity contribution in [3.63, 3.8) is 0 Å². The average molecular weight is 578 g/mol. The van der Waals surface area contributed by atoms with Crippen LogP contribution >= 0.6 is 22.9 Å². The van der Waals surface area contributed by atoms with E-state index in [0.29, 0.717) is 34.5 Å². The second kappa shape index (κ2) is 11.3. The number of hydrogen-bond donors (Lipinski definition) is 1. The molecular weight excluding hydrogens is 552 g/mol. The zero-order valence-electron chi connectivity index (χ0n) is 20.9. The molecule has 0 aliphatic carbocycles. The predicted molar refractivity (Wildman–Crippen MR) is 148 cm³/mol. The molecule has 0 spiro atoms. The maximum atomic E-state index is 15.0. The smallest absolute Gasteiger partial charge is 0.265 e. The van der Waals surface area contributed by atoms with Crippen LogP contribution in [0.5, 0.6) is 5.75 Å². The molecule has 1 unspecified atom stereocenters. The van der Waals surface area contributed by atoms with Crippen LogP contribution in [0, 0.1) is 18.6 Å². The van der Waals surface area contributed by atoms with Crippen molar-refractivity contribution in [3.8, 4) is 5.75 Å². The SMILES string of the molecule is CCN(Cc1sc(C(C)N(c2cc(F)ccc2F)S(=O)(=O)c2ccc(Cl)cc2)nc1C)c1ccccc1O. The fourth-order valence-corrected chi connectivity index (χ4v) is 7.01. The standard InChI is InChI=1S/C27H26ClF2N3O3S2/c1-4-32(23-7-5-6-8-25(23)34)16-26-17(2)31-27(37-26)18(3)33(24-15-20(29)11-14-22(24)30)38(35,36)21-12-9-19(28)10-13-21/h5-15,18,34H,4,16H2,1-3H3. The van der Waals surface area contributed by atoms with E-state index in [0.717, 1.165) is 27.4 Å². The number of halogens is 3. The number of aromatic nitrogens is 1. The number of phenols is 1. The molecule has 4 rings (SSSR count). The molecule has 1 aromatic heterocycles. The summed E-state index contributed by atoms with van der Waals surface area (Å²) in [6.07, 6.45) is 0. The molecule has 0 amide bonds. The number of hydrogen-bond acceptors (Lipinski definition) is 6. The van der Waals surface area contributed by atoms with E-state index in [1.54, 1.807) is 19.1 Å². The molecule has 0 saturated heterocycles. The first-order chi connectivity index (χ1) is 18.0. The number of anilines is 2. The van der Waals surface area contributed by atoms with Crippen LogP contribution in [0.4, 0.5) is 20.2 Å². The Hall–Kier alpha value is -3.21. The minimum atomic E-state index is -4.35. The number of aromatic hydroxyl groups is 1. The van der Waals surface area contributed by atoms with Gasteiger partial charge in [-0.3, -0.25) is 4.31 Å². The summed E-state index contributed by atoms with van der Waals surface area (Å²) in [5.41, 5.74) is 0.909. The van der Waals surface area contributed by atoms with Crippen molar-refractivity contribution in [2.45, 2.75) is 38.3 Å². The number of phenolic OH excluding ortho intramolecular Hbond substituents is 1. The van der Waals surface area contributed by atoms with E-state index in [-0.39, 0.29) is 10.6 Å². The summed E-state index contributed by atoms with van der Waals surface area (Å²) < 4.78 is 57.7. The molecule has 6 nitrogen and oxygen atoms in total. The molecule has 0 saturated carbocycles. The molecule has 0 aliphatic heterocycles. The number of aryl methyl sites for hydroxylation is 1. The van der Waals surface area contributed by atoms with Crippen LogP contribution in [0.15, 0.2) is 71.6 Å². The van der Waals surface area contributed by atoms with Gasteiger partial charge in [0.15, 0.2) is 0 Å². The summed E-state index contributed by atoms with van der Waals surface area (Å²) in [6.45, 7) is 6.37. The molecule has 38 heavy (non-hydrogen) atoms. The predicted octanol–water partition coefficient (Wildman–Crippen LogP) is 7.07. The Kier molecular flexibility index (Phi) is 8.25. The van der Waals surface area contributed by atoms with Crippen LogP contribution in [0.25, 0.3) is 0 Å². The van der Waals surface area contributed by atoms with Crippen molar-refractivity contribution in [1.29, 1.82) is 0 Å². The largest absolute Gasteiger partial charge is 0.506 e. The van der Waals surface area contributed by atoms with Gasteiger partial charge in [0, 0.05) is 22.5 Å². The zero-order chi connectivity index (χ0) is 27.6. The third-order valence-electron chi connectivity index (χ3n) is 6.07. The molecule has 0 aliphatic rings. The average Bonchev–Trinajstić information content (AvgIpc) is 3.25. The van der Waals surface area contributed by atoms with Crippen molar-refractivity contribution in [3.05, 3.63) is 99.0 Å². The quantitative estimate of drug-likeness (QED) is 0.230. The highest BCUT2D eigenvalue weighted by atomic mass is 35.5. The van der Waals surface area contributed by atoms with Crippen molar-refractivity contribution in [2.75, 3.05) is 15.7 Å². The van der Waals surface area contributed by atoms with Gasteiger partial charge in [-0.2, -0.15) is 0 Å². The molecule has 1 atom stereocenters. The summed E-state index contributed by atoms with van der Waals surface area (Å²) in [6, 6.07) is 14.2. The number of nitrogens with zero attached hydrogens (tertiary/aromatic N) is 3. The van der Waals surface area contributed by atoms with Crippen LogP contribution in [0.2, 0.25) is 5.02 Å². The highest BCUT2D eigenvalue weighted by Gasteiger charge is 2.34. The molecule has 11 heteroatoms. The van der Waals surface area contributed by atoms with E-state index in [1.807, 2.05) is 30.9 Å². The van der Waals surface area contributed by atoms with E-state index in [4.69, 9.17) is 11.6 Å². The summed E-state index contributed by atoms with van der Waals surface area (Å²) in [5.74, 6) is -1.52. The molecule has 0 radical (unpaired) electrons. The number of benzene rings is 3. The molecular formula is C27H26ClF2N3O3S2. The van der Waals surface area contributed by atoms with Crippen LogP contribution in [-0.2, 0) is 16.6 Å². The topological polar surface area (TPSA) is 73.7 Å². The maximum absolute atomic E-state index is 15.0. The lowest BCUT2D eigenvalue weighted by Gasteiger charge is -2.29. The summed E-state index contributed by atoms with van der Waals surface area (Å²) in [5, 5.41) is 11.1. The van der Waals surface area contributed by atoms with E-state index in [1.165, 1.54) is 35.6 Å². The number of sulfonamides is 1. The lowest BCUT2D eigenvalue weighted by Crippen LogP contribution is -2.34. The Balaban J connectivity index is 1.77. The Morgan fingerprint density at radius 3 is 2.39 bits per heavy atom. The fourth-order valence-electron chi connectivity index (χ4n) is 4.07. The second-order valence-electron chi connectivity index (χ2n) is 8.59. The van der Waals surface area contributed by atoms with Gasteiger partial charge in [-0.15, -0.1) is 11.3 Å². The maximum Gasteiger partial charge on any atom is 0.265 e. The molecule has 1 heterocycles. The first kappa shape index (κ1) is 27.8. The van der Waals surface area contributed by atoms with Crippen LogP contribution in [-0.4, -0.2) is 25.1 Å². The van der Waals surface area contributed by atoms with E-state index in [9.17, 15) is 22.3 Å². The second-order valence-corrected chi connectivity index (χ2v) is 12.0. The third kappa shape index (κ3) is 5.62. The summed E-state index contributed by atoms with van der Waals surface area (Å²) >= 11 is 7.23. The Morgan fingerprint density at radius 2 is 1.74 bits per heavy atom. The highest BCUT2D eigenvalue weighted by molar-refractivity contribution is 7.92. The Bertz CT molecular complexity index is 1550. The van der Waals surface area contributed by atoms with E-state index in [2.05, 4.69) is 4.98 Å². The lowest BCUT2D eigenvalue weighted by atomic mass is 10.2. The van der Waals surface area contributed by atoms with Gasteiger partial charge in [-0.1, -0.05) is 23.7 Å². The molecule has 0 fully saturated rings. The van der Waals surface area contributed by atoms with Gasteiger partial charge in [-0.25, -0.2) is 22.2 Å². The Morgan fingerprint density at radius 1 is 1.05 bits per heavy atom. The van der Waals surface area contributed by atoms with Crippen molar-refractivity contribution >= 4 is 44.3 Å². The van der Waals surface area contributed by atoms with Gasteiger partial charge in [0.1, 0.15) is 22.4 Å². The van der Waals surface area contributed by atoms with Gasteiger partial charge >= 0.3 is 0 Å². The summed E-state index contributed by atoms with van der Waals surface area (Å²) in [4.78, 5) is 7.32. The van der Waals surface area contributed by atoms with E-state index >= 15 is 0 Å². The normalized spacial score (nSPS) is 12.4. The molecule has 4 aromatic rings. The van der Waals surface area contributed by atoms with Gasteiger partial charge in [-0.05, 0) is 69.3 Å². The van der Waals surface area contributed by atoms with Crippen LogP contribution < -0.4 is 9.21 Å². The molecule has 0 bridgehead atoms. The minimum Gasteiger partial charge on any atom is -0.506 e. The molecule has 1 N–H and O–H groups in total. The third-order valence-corrected chi connectivity index (χ3v) is 9.54. The van der Waals surface area contributed by atoms with Crippen molar-refractivity contribution in [1.82, 2.24) is 4.98 Å². The number of rotatable bonds is 9. The van der Waals surface area contributed by atoms with Gasteiger partial charge in [0.25, 0.3) is 10.0 Å². The molecule has 200 valence electrons. The first-order valence-electron chi connectivity index (χ1n) is 11.8. The first-order valence-corrected chi connectivity index (χ1v) is 14.4. The van der Waals surface area contributed by atoms with Crippen molar-refractivity contribution in [2.24, 2.45) is 0 Å². The molecule has 3 aromatic carbocycles. The minimum absolute atomic E-state index is 0.123. The lowest BCUT2D eigenvalue weighted by molar-refractivity contribution is 0.474. The van der Waals surface area contributed by atoms with Crippen LogP contribution in [0.1, 0.15) is 35.5 Å². The number of para-hydroxylation sites is 2. The van der Waals surface area contributed by atoms with Gasteiger partial charge < -0.3 is 10.0 Å².